The van der Waals surface area contributed by atoms with E-state index < -0.39 is 0 Å². The minimum Gasteiger partial charge on any atom is -0.493 e. The molecule has 0 radical (unpaired) electrons. The van der Waals surface area contributed by atoms with Gasteiger partial charge in [0.15, 0.2) is 11.5 Å². The lowest BCUT2D eigenvalue weighted by atomic mass is 10.0. The van der Waals surface area contributed by atoms with Gasteiger partial charge in [0.05, 0.1) is 20.6 Å². The third-order valence-corrected chi connectivity index (χ3v) is 5.44. The Kier molecular flexibility index (Phi) is 5.29. The van der Waals surface area contributed by atoms with Gasteiger partial charge < -0.3 is 19.3 Å². The lowest BCUT2D eigenvalue weighted by molar-refractivity contribution is -0.132. The molecule has 0 bridgehead atoms. The summed E-state index contributed by atoms with van der Waals surface area (Å²) in [5.41, 5.74) is 0.975. The van der Waals surface area contributed by atoms with Crippen LogP contribution < -0.4 is 9.47 Å². The number of amides is 1. The summed E-state index contributed by atoms with van der Waals surface area (Å²) in [6, 6.07) is 6.63. The molecule has 3 rings (SSSR count). The van der Waals surface area contributed by atoms with Crippen molar-refractivity contribution < 1.29 is 14.3 Å². The topological polar surface area (TPSA) is 42.0 Å². The van der Waals surface area contributed by atoms with Gasteiger partial charge in [0.1, 0.15) is 0 Å². The van der Waals surface area contributed by atoms with Gasteiger partial charge in [0, 0.05) is 18.6 Å². The van der Waals surface area contributed by atoms with E-state index in [0.29, 0.717) is 30.0 Å². The van der Waals surface area contributed by atoms with Crippen LogP contribution >= 0.6 is 0 Å². The minimum atomic E-state index is 0.227. The highest BCUT2D eigenvalue weighted by Crippen LogP contribution is 2.31. The molecular formula is C19H28N2O3. The lowest BCUT2D eigenvalue weighted by Crippen LogP contribution is -2.47. The number of hydrogen-bond donors (Lipinski definition) is 0. The van der Waals surface area contributed by atoms with Gasteiger partial charge in [-0.2, -0.15) is 0 Å². The maximum atomic E-state index is 12.9. The fourth-order valence-corrected chi connectivity index (χ4v) is 4.19. The average Bonchev–Trinajstić information content (AvgIpc) is 3.22. The van der Waals surface area contributed by atoms with E-state index in [2.05, 4.69) is 16.8 Å². The molecule has 0 spiro atoms. The van der Waals surface area contributed by atoms with Crippen LogP contribution in [0.3, 0.4) is 0 Å². The van der Waals surface area contributed by atoms with Crippen LogP contribution in [-0.2, 0) is 11.2 Å². The number of methoxy groups -OCH3 is 2. The molecule has 2 fully saturated rings. The van der Waals surface area contributed by atoms with E-state index in [1.165, 1.54) is 12.8 Å². The molecule has 1 amide bonds. The molecule has 24 heavy (non-hydrogen) atoms. The molecule has 0 saturated carbocycles. The van der Waals surface area contributed by atoms with Crippen molar-refractivity contribution in [3.8, 4) is 11.5 Å². The van der Waals surface area contributed by atoms with Gasteiger partial charge in [0.25, 0.3) is 0 Å². The van der Waals surface area contributed by atoms with Crippen LogP contribution in [0.1, 0.15) is 31.2 Å². The van der Waals surface area contributed by atoms with Gasteiger partial charge in [-0.1, -0.05) is 6.07 Å². The van der Waals surface area contributed by atoms with E-state index in [1.807, 2.05) is 18.2 Å². The number of carbonyl (C=O) groups excluding carboxylic acids is 1. The summed E-state index contributed by atoms with van der Waals surface area (Å²) in [6.45, 7) is 2.04. The number of rotatable bonds is 5. The number of likely N-dealkylation sites (tertiary alicyclic amines) is 2. The molecule has 2 heterocycles. The summed E-state index contributed by atoms with van der Waals surface area (Å²) in [5, 5.41) is 0. The fourth-order valence-electron chi connectivity index (χ4n) is 4.19. The van der Waals surface area contributed by atoms with E-state index in [1.54, 1.807) is 14.2 Å². The predicted octanol–water partition coefficient (Wildman–Crippen LogP) is 2.33. The maximum absolute atomic E-state index is 12.9. The van der Waals surface area contributed by atoms with Crippen LogP contribution in [0.2, 0.25) is 0 Å². The Morgan fingerprint density at radius 2 is 1.79 bits per heavy atom. The van der Waals surface area contributed by atoms with Crippen LogP contribution in [0.15, 0.2) is 18.2 Å². The summed E-state index contributed by atoms with van der Waals surface area (Å²) in [4.78, 5) is 17.4. The van der Waals surface area contributed by atoms with Crippen molar-refractivity contribution in [3.05, 3.63) is 23.8 Å². The molecule has 2 aliphatic rings. The minimum absolute atomic E-state index is 0.227. The second-order valence-corrected chi connectivity index (χ2v) is 6.85. The standard InChI is InChI=1S/C19H28N2O3/c1-20-10-4-6-15(20)16-7-5-11-21(16)19(22)13-14-8-9-17(23-2)18(12-14)24-3/h8-9,12,15-16H,4-7,10-11,13H2,1-3H3/t15-,16-/m1/s1. The molecule has 2 saturated heterocycles. The SMILES string of the molecule is COc1ccc(CC(=O)N2CCC[C@@H]2[C@H]2CCCN2C)cc1OC. The molecule has 5 nitrogen and oxygen atoms in total. The first-order valence-corrected chi connectivity index (χ1v) is 8.84. The average molecular weight is 332 g/mol. The Labute approximate surface area is 144 Å². The summed E-state index contributed by atoms with van der Waals surface area (Å²) < 4.78 is 10.6. The fraction of sp³-hybridized carbons (Fsp3) is 0.632. The van der Waals surface area contributed by atoms with Crippen LogP contribution in [0.4, 0.5) is 0 Å². The zero-order valence-corrected chi connectivity index (χ0v) is 15.0. The van der Waals surface area contributed by atoms with Gasteiger partial charge in [0.2, 0.25) is 5.91 Å². The predicted molar refractivity (Wildman–Crippen MR) is 93.6 cm³/mol. The van der Waals surface area contributed by atoms with E-state index in [0.717, 1.165) is 31.5 Å². The highest BCUT2D eigenvalue weighted by molar-refractivity contribution is 5.79. The zero-order valence-electron chi connectivity index (χ0n) is 15.0. The Balaban J connectivity index is 1.70. The van der Waals surface area contributed by atoms with Crippen molar-refractivity contribution in [1.82, 2.24) is 9.80 Å². The van der Waals surface area contributed by atoms with Crippen molar-refractivity contribution in [2.24, 2.45) is 0 Å². The van der Waals surface area contributed by atoms with Crippen molar-refractivity contribution in [2.45, 2.75) is 44.2 Å². The number of likely N-dealkylation sites (N-methyl/N-ethyl adjacent to an activating group) is 1. The first-order chi connectivity index (χ1) is 11.6. The Hall–Kier alpha value is -1.75. The molecule has 5 heteroatoms. The van der Waals surface area contributed by atoms with Crippen LogP contribution in [0.5, 0.6) is 11.5 Å². The largest absolute Gasteiger partial charge is 0.493 e. The molecule has 0 N–H and O–H groups in total. The zero-order chi connectivity index (χ0) is 17.1. The Bertz CT molecular complexity index is 590. The molecular weight excluding hydrogens is 304 g/mol. The van der Waals surface area contributed by atoms with Crippen LogP contribution in [0.25, 0.3) is 0 Å². The van der Waals surface area contributed by atoms with Crippen molar-refractivity contribution >= 4 is 5.91 Å². The first-order valence-electron chi connectivity index (χ1n) is 8.84. The van der Waals surface area contributed by atoms with Crippen molar-refractivity contribution in [1.29, 1.82) is 0 Å². The van der Waals surface area contributed by atoms with E-state index in [4.69, 9.17) is 9.47 Å². The van der Waals surface area contributed by atoms with Gasteiger partial charge in [-0.25, -0.2) is 0 Å². The molecule has 0 aliphatic carbocycles. The van der Waals surface area contributed by atoms with Crippen LogP contribution in [0, 0.1) is 0 Å². The number of benzene rings is 1. The molecule has 1 aromatic carbocycles. The molecule has 1 aromatic rings. The van der Waals surface area contributed by atoms with E-state index >= 15 is 0 Å². The highest BCUT2D eigenvalue weighted by Gasteiger charge is 2.38. The molecule has 132 valence electrons. The summed E-state index contributed by atoms with van der Waals surface area (Å²) >= 11 is 0. The number of nitrogens with zero attached hydrogens (tertiary/aromatic N) is 2. The highest BCUT2D eigenvalue weighted by atomic mass is 16.5. The Morgan fingerprint density at radius 1 is 1.08 bits per heavy atom. The van der Waals surface area contributed by atoms with Gasteiger partial charge in [-0.05, 0) is 57.0 Å². The number of hydrogen-bond acceptors (Lipinski definition) is 4. The quantitative estimate of drug-likeness (QED) is 0.830. The lowest BCUT2D eigenvalue weighted by Gasteiger charge is -2.33. The van der Waals surface area contributed by atoms with Crippen LogP contribution in [-0.4, -0.2) is 62.1 Å². The molecule has 0 aromatic heterocycles. The third kappa shape index (κ3) is 3.36. The molecule has 2 aliphatic heterocycles. The molecule has 0 unspecified atom stereocenters. The number of ether oxygens (including phenoxy) is 2. The first kappa shape index (κ1) is 17.1. The van der Waals surface area contributed by atoms with E-state index in [9.17, 15) is 4.79 Å². The monoisotopic (exact) mass is 332 g/mol. The van der Waals surface area contributed by atoms with Crippen molar-refractivity contribution in [3.63, 3.8) is 0 Å². The summed E-state index contributed by atoms with van der Waals surface area (Å²) in [6.07, 6.45) is 5.13. The second-order valence-electron chi connectivity index (χ2n) is 6.85. The van der Waals surface area contributed by atoms with Crippen molar-refractivity contribution in [2.75, 3.05) is 34.4 Å². The maximum Gasteiger partial charge on any atom is 0.227 e. The Morgan fingerprint density at radius 3 is 2.46 bits per heavy atom. The number of carbonyl (C=O) groups is 1. The summed E-state index contributed by atoms with van der Waals surface area (Å²) in [5.74, 6) is 1.60. The van der Waals surface area contributed by atoms with Gasteiger partial charge >= 0.3 is 0 Å². The molecule has 2 atom stereocenters. The normalized spacial score (nSPS) is 24.4. The van der Waals surface area contributed by atoms with Gasteiger partial charge in [-0.3, -0.25) is 4.79 Å². The smallest absolute Gasteiger partial charge is 0.227 e. The third-order valence-electron chi connectivity index (χ3n) is 5.44. The van der Waals surface area contributed by atoms with E-state index in [-0.39, 0.29) is 5.91 Å². The second kappa shape index (κ2) is 7.43. The summed E-state index contributed by atoms with van der Waals surface area (Å²) in [7, 11) is 5.43. The van der Waals surface area contributed by atoms with Gasteiger partial charge in [-0.15, -0.1) is 0 Å².